The lowest BCUT2D eigenvalue weighted by Crippen LogP contribution is -2.38. The summed E-state index contributed by atoms with van der Waals surface area (Å²) in [6, 6.07) is 0. The van der Waals surface area contributed by atoms with Crippen LogP contribution in [0.4, 0.5) is 0 Å². The number of alkyl halides is 2. The molecule has 120 valence electrons. The SMILES string of the molecule is C=C(C)C(=O)OC1=C(OC(=O)C(=C)C)C(Br)C(C)(Cl)C(O)=C1. The summed E-state index contributed by atoms with van der Waals surface area (Å²) in [5.74, 6) is -1.82. The lowest BCUT2D eigenvalue weighted by molar-refractivity contribution is -0.138. The number of carbonyl (C=O) groups is 2. The molecule has 22 heavy (non-hydrogen) atoms. The van der Waals surface area contributed by atoms with E-state index in [-0.39, 0.29) is 28.4 Å². The Kier molecular flexibility index (Phi) is 5.65. The Bertz CT molecular complexity index is 615. The number of halogens is 2. The highest BCUT2D eigenvalue weighted by Crippen LogP contribution is 2.42. The summed E-state index contributed by atoms with van der Waals surface area (Å²) in [5, 5.41) is 9.98. The van der Waals surface area contributed by atoms with Crippen molar-refractivity contribution in [1.82, 2.24) is 0 Å². The van der Waals surface area contributed by atoms with E-state index in [1.165, 1.54) is 20.8 Å². The molecule has 2 unspecified atom stereocenters. The van der Waals surface area contributed by atoms with Gasteiger partial charge in [0.1, 0.15) is 15.5 Å². The maximum Gasteiger partial charge on any atom is 0.338 e. The van der Waals surface area contributed by atoms with Crippen LogP contribution >= 0.6 is 27.5 Å². The predicted octanol–water partition coefficient (Wildman–Crippen LogP) is 3.65. The van der Waals surface area contributed by atoms with Crippen molar-refractivity contribution in [3.63, 3.8) is 0 Å². The van der Waals surface area contributed by atoms with Gasteiger partial charge in [-0.3, -0.25) is 0 Å². The van der Waals surface area contributed by atoms with Gasteiger partial charge in [0.05, 0.1) is 0 Å². The molecule has 0 fully saturated rings. The van der Waals surface area contributed by atoms with E-state index in [9.17, 15) is 14.7 Å². The Morgan fingerprint density at radius 1 is 1.27 bits per heavy atom. The van der Waals surface area contributed by atoms with Gasteiger partial charge < -0.3 is 14.6 Å². The highest BCUT2D eigenvalue weighted by Gasteiger charge is 2.44. The van der Waals surface area contributed by atoms with E-state index in [0.29, 0.717) is 0 Å². The van der Waals surface area contributed by atoms with Crippen molar-refractivity contribution in [3.8, 4) is 0 Å². The molecule has 7 heteroatoms. The molecule has 0 aromatic heterocycles. The Labute approximate surface area is 142 Å². The van der Waals surface area contributed by atoms with Crippen molar-refractivity contribution < 1.29 is 24.2 Å². The number of ether oxygens (including phenoxy) is 2. The minimum absolute atomic E-state index is 0.0297. The van der Waals surface area contributed by atoms with Gasteiger partial charge in [-0.25, -0.2) is 9.59 Å². The molecule has 0 heterocycles. The van der Waals surface area contributed by atoms with Gasteiger partial charge in [-0.1, -0.05) is 29.1 Å². The van der Waals surface area contributed by atoms with Crippen molar-refractivity contribution in [2.75, 3.05) is 0 Å². The van der Waals surface area contributed by atoms with Gasteiger partial charge in [-0.2, -0.15) is 0 Å². The van der Waals surface area contributed by atoms with E-state index in [2.05, 4.69) is 29.1 Å². The van der Waals surface area contributed by atoms with Crippen LogP contribution < -0.4 is 0 Å². The topological polar surface area (TPSA) is 72.8 Å². The van der Waals surface area contributed by atoms with Gasteiger partial charge in [0, 0.05) is 17.2 Å². The number of carbonyl (C=O) groups excluding carboxylic acids is 2. The summed E-state index contributed by atoms with van der Waals surface area (Å²) in [7, 11) is 0. The zero-order chi connectivity index (χ0) is 17.2. The number of allylic oxidation sites excluding steroid dienone is 3. The largest absolute Gasteiger partial charge is 0.510 e. The highest BCUT2D eigenvalue weighted by molar-refractivity contribution is 9.09. The fourth-order valence-corrected chi connectivity index (χ4v) is 2.10. The van der Waals surface area contributed by atoms with Crippen molar-refractivity contribution >= 4 is 39.5 Å². The van der Waals surface area contributed by atoms with E-state index < -0.39 is 21.6 Å². The number of esters is 2. The lowest BCUT2D eigenvalue weighted by atomic mass is 9.97. The number of hydrogen-bond acceptors (Lipinski definition) is 5. The van der Waals surface area contributed by atoms with Crippen molar-refractivity contribution in [3.05, 3.63) is 47.7 Å². The third-order valence-corrected chi connectivity index (χ3v) is 4.83. The Morgan fingerprint density at radius 3 is 2.18 bits per heavy atom. The molecule has 0 aliphatic heterocycles. The summed E-state index contributed by atoms with van der Waals surface area (Å²) in [6.45, 7) is 11.4. The predicted molar refractivity (Wildman–Crippen MR) is 86.5 cm³/mol. The monoisotopic (exact) mass is 390 g/mol. The lowest BCUT2D eigenvalue weighted by Gasteiger charge is -2.32. The first-order valence-electron chi connectivity index (χ1n) is 6.22. The van der Waals surface area contributed by atoms with Gasteiger partial charge in [-0.05, 0) is 20.8 Å². The Balaban J connectivity index is 3.31. The second-order valence-corrected chi connectivity index (χ2v) is 6.74. The van der Waals surface area contributed by atoms with Crippen molar-refractivity contribution in [2.45, 2.75) is 30.5 Å². The smallest absolute Gasteiger partial charge is 0.338 e. The van der Waals surface area contributed by atoms with Gasteiger partial charge in [0.15, 0.2) is 11.5 Å². The average molecular weight is 392 g/mol. The van der Waals surface area contributed by atoms with Crippen LogP contribution in [0.3, 0.4) is 0 Å². The molecular formula is C15H16BrClO5. The Morgan fingerprint density at radius 2 is 1.73 bits per heavy atom. The quantitative estimate of drug-likeness (QED) is 0.450. The molecule has 0 saturated carbocycles. The van der Waals surface area contributed by atoms with E-state index in [1.54, 1.807) is 0 Å². The molecule has 1 N–H and O–H groups in total. The Hall–Kier alpha value is -1.53. The first-order valence-corrected chi connectivity index (χ1v) is 7.51. The highest BCUT2D eigenvalue weighted by atomic mass is 79.9. The van der Waals surface area contributed by atoms with E-state index in [0.717, 1.165) is 6.08 Å². The third-order valence-electron chi connectivity index (χ3n) is 2.82. The molecule has 0 bridgehead atoms. The molecule has 0 radical (unpaired) electrons. The molecule has 1 aliphatic carbocycles. The first-order chi connectivity index (χ1) is 9.98. The number of rotatable bonds is 4. The molecule has 0 spiro atoms. The van der Waals surface area contributed by atoms with E-state index in [1.807, 2.05) is 0 Å². The molecular weight excluding hydrogens is 376 g/mol. The number of aliphatic hydroxyl groups excluding tert-OH is 1. The van der Waals surface area contributed by atoms with Crippen LogP contribution in [-0.4, -0.2) is 26.7 Å². The molecule has 0 aromatic carbocycles. The van der Waals surface area contributed by atoms with Crippen LogP contribution in [0.25, 0.3) is 0 Å². The van der Waals surface area contributed by atoms with Gasteiger partial charge in [-0.15, -0.1) is 11.6 Å². The molecule has 0 amide bonds. The van der Waals surface area contributed by atoms with Crippen molar-refractivity contribution in [1.29, 1.82) is 0 Å². The van der Waals surface area contributed by atoms with Crippen LogP contribution in [0.2, 0.25) is 0 Å². The fraction of sp³-hybridized carbons (Fsp3) is 0.333. The molecule has 1 rings (SSSR count). The number of hydrogen-bond donors (Lipinski definition) is 1. The second-order valence-electron chi connectivity index (χ2n) is 5.04. The summed E-state index contributed by atoms with van der Waals surface area (Å²) in [4.78, 5) is 21.4. The van der Waals surface area contributed by atoms with Crippen molar-refractivity contribution in [2.24, 2.45) is 0 Å². The van der Waals surface area contributed by atoms with Crippen LogP contribution in [-0.2, 0) is 19.1 Å². The maximum absolute atomic E-state index is 11.8. The minimum Gasteiger partial charge on any atom is -0.510 e. The first kappa shape index (κ1) is 18.5. The maximum atomic E-state index is 11.8. The van der Waals surface area contributed by atoms with Gasteiger partial charge in [0.25, 0.3) is 0 Å². The molecule has 0 aromatic rings. The minimum atomic E-state index is -1.27. The third kappa shape index (κ3) is 3.81. The number of aliphatic hydroxyl groups is 1. The summed E-state index contributed by atoms with van der Waals surface area (Å²) >= 11 is 9.47. The molecule has 2 atom stereocenters. The molecule has 5 nitrogen and oxygen atoms in total. The van der Waals surface area contributed by atoms with E-state index >= 15 is 0 Å². The second kappa shape index (κ2) is 6.71. The normalized spacial score (nSPS) is 24.4. The fourth-order valence-electron chi connectivity index (χ4n) is 1.39. The summed E-state index contributed by atoms with van der Waals surface area (Å²) < 4.78 is 10.3. The summed E-state index contributed by atoms with van der Waals surface area (Å²) in [6.07, 6.45) is 1.13. The van der Waals surface area contributed by atoms with Gasteiger partial charge in [0.2, 0.25) is 0 Å². The molecule has 1 aliphatic rings. The zero-order valence-electron chi connectivity index (χ0n) is 12.4. The van der Waals surface area contributed by atoms with E-state index in [4.69, 9.17) is 21.1 Å². The van der Waals surface area contributed by atoms with Crippen LogP contribution in [0.5, 0.6) is 0 Å². The summed E-state index contributed by atoms with van der Waals surface area (Å²) in [5.41, 5.74) is 0.309. The average Bonchev–Trinajstić information content (AvgIpc) is 2.40. The standard InChI is InChI=1S/C15H16BrClO5/c1-7(2)13(19)21-9-6-10(18)15(5,17)12(16)11(9)22-14(20)8(3)4/h6,12,18H,1,3H2,2,4-5H3. The van der Waals surface area contributed by atoms with Crippen LogP contribution in [0.15, 0.2) is 47.7 Å². The van der Waals surface area contributed by atoms with Crippen LogP contribution in [0.1, 0.15) is 20.8 Å². The zero-order valence-corrected chi connectivity index (χ0v) is 14.7. The van der Waals surface area contributed by atoms with Gasteiger partial charge >= 0.3 is 11.9 Å². The van der Waals surface area contributed by atoms with Crippen LogP contribution in [0, 0.1) is 0 Å². The molecule has 0 saturated heterocycles.